The fourth-order valence-corrected chi connectivity index (χ4v) is 2.14. The van der Waals surface area contributed by atoms with Gasteiger partial charge in [-0.3, -0.25) is 4.68 Å². The molecule has 0 saturated heterocycles. The van der Waals surface area contributed by atoms with E-state index in [0.29, 0.717) is 12.1 Å². The average molecular weight is 245 g/mol. The molecule has 1 N–H and O–H groups in total. The van der Waals surface area contributed by atoms with Gasteiger partial charge in [0, 0.05) is 24.6 Å². The number of nitrogens with one attached hydrogen (secondary N) is 1. The number of hydrogen-bond donors (Lipinski definition) is 1. The number of rotatable bonds is 5. The van der Waals surface area contributed by atoms with Gasteiger partial charge in [0.2, 0.25) is 5.95 Å². The predicted molar refractivity (Wildman–Crippen MR) is 70.5 cm³/mol. The quantitative estimate of drug-likeness (QED) is 0.878. The summed E-state index contributed by atoms with van der Waals surface area (Å²) < 4.78 is 4.18. The highest BCUT2D eigenvalue weighted by molar-refractivity contribution is 5.32. The highest BCUT2D eigenvalue weighted by atomic mass is 15.3. The van der Waals surface area contributed by atoms with E-state index in [4.69, 9.17) is 0 Å². The average Bonchev–Trinajstić information content (AvgIpc) is 2.85. The van der Waals surface area contributed by atoms with Gasteiger partial charge in [-0.15, -0.1) is 0 Å². The topological polar surface area (TPSA) is 47.7 Å². The SMILES string of the molecule is Cc1cn(C(C)Cn2cccn2)c(NC2CC2)n1. The minimum atomic E-state index is 0.340. The Balaban J connectivity index is 1.76. The lowest BCUT2D eigenvalue weighted by Crippen LogP contribution is -2.16. The van der Waals surface area contributed by atoms with Crippen LogP contribution in [0.1, 0.15) is 31.5 Å². The molecule has 3 rings (SSSR count). The summed E-state index contributed by atoms with van der Waals surface area (Å²) >= 11 is 0. The molecule has 1 atom stereocenters. The Hall–Kier alpha value is -1.78. The van der Waals surface area contributed by atoms with E-state index in [2.05, 4.69) is 33.1 Å². The third-order valence-electron chi connectivity index (χ3n) is 3.25. The van der Waals surface area contributed by atoms with E-state index in [1.807, 2.05) is 30.1 Å². The van der Waals surface area contributed by atoms with E-state index in [1.165, 1.54) is 12.8 Å². The van der Waals surface area contributed by atoms with Crippen molar-refractivity contribution < 1.29 is 0 Å². The van der Waals surface area contributed by atoms with E-state index in [9.17, 15) is 0 Å². The van der Waals surface area contributed by atoms with Crippen molar-refractivity contribution in [1.29, 1.82) is 0 Å². The maximum absolute atomic E-state index is 4.56. The van der Waals surface area contributed by atoms with Gasteiger partial charge in [-0.2, -0.15) is 5.10 Å². The van der Waals surface area contributed by atoms with Crippen molar-refractivity contribution in [2.24, 2.45) is 0 Å². The first-order valence-electron chi connectivity index (χ1n) is 6.52. The lowest BCUT2D eigenvalue weighted by atomic mass is 10.3. The number of nitrogens with zero attached hydrogens (tertiary/aromatic N) is 4. The van der Waals surface area contributed by atoms with Crippen molar-refractivity contribution in [3.05, 3.63) is 30.4 Å². The van der Waals surface area contributed by atoms with Gasteiger partial charge in [0.25, 0.3) is 0 Å². The van der Waals surface area contributed by atoms with E-state index < -0.39 is 0 Å². The number of hydrogen-bond acceptors (Lipinski definition) is 3. The van der Waals surface area contributed by atoms with Gasteiger partial charge >= 0.3 is 0 Å². The summed E-state index contributed by atoms with van der Waals surface area (Å²) in [6.45, 7) is 5.10. The summed E-state index contributed by atoms with van der Waals surface area (Å²) in [5.74, 6) is 0.995. The maximum atomic E-state index is 4.56. The molecular weight excluding hydrogens is 226 g/mol. The summed E-state index contributed by atoms with van der Waals surface area (Å²) in [5.41, 5.74) is 1.06. The summed E-state index contributed by atoms with van der Waals surface area (Å²) in [6, 6.07) is 2.92. The third kappa shape index (κ3) is 2.39. The minimum Gasteiger partial charge on any atom is -0.353 e. The maximum Gasteiger partial charge on any atom is 0.203 e. The van der Waals surface area contributed by atoms with E-state index in [0.717, 1.165) is 18.2 Å². The zero-order chi connectivity index (χ0) is 12.5. The van der Waals surface area contributed by atoms with Crippen LogP contribution in [0.4, 0.5) is 5.95 Å². The lowest BCUT2D eigenvalue weighted by Gasteiger charge is -2.16. The van der Waals surface area contributed by atoms with E-state index >= 15 is 0 Å². The molecule has 0 radical (unpaired) electrons. The van der Waals surface area contributed by atoms with Crippen molar-refractivity contribution in [3.63, 3.8) is 0 Å². The third-order valence-corrected chi connectivity index (χ3v) is 3.25. The van der Waals surface area contributed by atoms with Crippen LogP contribution in [0, 0.1) is 6.92 Å². The Morgan fingerprint density at radius 2 is 2.33 bits per heavy atom. The number of imidazole rings is 1. The van der Waals surface area contributed by atoms with E-state index in [1.54, 1.807) is 0 Å². The Morgan fingerprint density at radius 1 is 1.50 bits per heavy atom. The van der Waals surface area contributed by atoms with Gasteiger partial charge < -0.3 is 9.88 Å². The molecule has 0 aromatic carbocycles. The van der Waals surface area contributed by atoms with Gasteiger partial charge in [-0.05, 0) is 32.8 Å². The molecule has 1 saturated carbocycles. The molecule has 1 aliphatic rings. The van der Waals surface area contributed by atoms with Crippen molar-refractivity contribution in [3.8, 4) is 0 Å². The molecule has 1 unspecified atom stereocenters. The van der Waals surface area contributed by atoms with Gasteiger partial charge in [-0.25, -0.2) is 4.98 Å². The second-order valence-corrected chi connectivity index (χ2v) is 5.11. The summed E-state index contributed by atoms with van der Waals surface area (Å²) in [5, 5.41) is 7.74. The molecular formula is C13H19N5. The summed E-state index contributed by atoms with van der Waals surface area (Å²) in [7, 11) is 0. The number of anilines is 1. The zero-order valence-corrected chi connectivity index (χ0v) is 10.9. The Kier molecular flexibility index (Phi) is 2.81. The van der Waals surface area contributed by atoms with Crippen LogP contribution in [-0.4, -0.2) is 25.4 Å². The molecule has 96 valence electrons. The molecule has 2 aromatic heterocycles. The van der Waals surface area contributed by atoms with Gasteiger partial charge in [0.05, 0.1) is 18.3 Å². The van der Waals surface area contributed by atoms with Crippen LogP contribution in [0.3, 0.4) is 0 Å². The molecule has 5 heteroatoms. The normalized spacial score (nSPS) is 16.8. The van der Waals surface area contributed by atoms with Crippen LogP contribution in [0.2, 0.25) is 0 Å². The zero-order valence-electron chi connectivity index (χ0n) is 10.9. The van der Waals surface area contributed by atoms with Crippen molar-refractivity contribution in [2.75, 3.05) is 5.32 Å². The van der Waals surface area contributed by atoms with Crippen molar-refractivity contribution >= 4 is 5.95 Å². The fraction of sp³-hybridized carbons (Fsp3) is 0.538. The van der Waals surface area contributed by atoms with Crippen LogP contribution >= 0.6 is 0 Å². The molecule has 2 heterocycles. The highest BCUT2D eigenvalue weighted by Gasteiger charge is 2.24. The molecule has 5 nitrogen and oxygen atoms in total. The lowest BCUT2D eigenvalue weighted by molar-refractivity contribution is 0.440. The molecule has 1 aliphatic carbocycles. The highest BCUT2D eigenvalue weighted by Crippen LogP contribution is 2.26. The Bertz CT molecular complexity index is 509. The number of aromatic nitrogens is 4. The van der Waals surface area contributed by atoms with Crippen LogP contribution in [0.25, 0.3) is 0 Å². The standard InChI is InChI=1S/C13H19N5/c1-10-8-18(13(15-10)16-12-4-5-12)11(2)9-17-7-3-6-14-17/h3,6-8,11-12H,4-5,9H2,1-2H3,(H,15,16). The van der Waals surface area contributed by atoms with Crippen LogP contribution < -0.4 is 5.32 Å². The molecule has 0 amide bonds. The first-order valence-corrected chi connectivity index (χ1v) is 6.52. The first-order chi connectivity index (χ1) is 8.72. The van der Waals surface area contributed by atoms with Crippen LogP contribution in [0.15, 0.2) is 24.7 Å². The molecule has 0 aliphatic heterocycles. The molecule has 18 heavy (non-hydrogen) atoms. The van der Waals surface area contributed by atoms with Gasteiger partial charge in [0.1, 0.15) is 0 Å². The van der Waals surface area contributed by atoms with E-state index in [-0.39, 0.29) is 0 Å². The summed E-state index contributed by atoms with van der Waals surface area (Å²) in [6.07, 6.45) is 8.45. The second-order valence-electron chi connectivity index (χ2n) is 5.11. The van der Waals surface area contributed by atoms with Crippen molar-refractivity contribution in [2.45, 2.75) is 45.3 Å². The second kappa shape index (κ2) is 4.48. The molecule has 0 bridgehead atoms. The monoisotopic (exact) mass is 245 g/mol. The Morgan fingerprint density at radius 3 is 3.00 bits per heavy atom. The molecule has 0 spiro atoms. The first kappa shape index (κ1) is 11.3. The number of aryl methyl sites for hydroxylation is 1. The van der Waals surface area contributed by atoms with Gasteiger partial charge in [-0.1, -0.05) is 0 Å². The van der Waals surface area contributed by atoms with Crippen molar-refractivity contribution in [1.82, 2.24) is 19.3 Å². The smallest absolute Gasteiger partial charge is 0.203 e. The predicted octanol–water partition coefficient (Wildman–Crippen LogP) is 2.22. The van der Waals surface area contributed by atoms with Crippen LogP contribution in [-0.2, 0) is 6.54 Å². The van der Waals surface area contributed by atoms with Gasteiger partial charge in [0.15, 0.2) is 0 Å². The molecule has 2 aromatic rings. The Labute approximate surface area is 107 Å². The fourth-order valence-electron chi connectivity index (χ4n) is 2.14. The minimum absolute atomic E-state index is 0.340. The summed E-state index contributed by atoms with van der Waals surface area (Å²) in [4.78, 5) is 4.56. The molecule has 1 fully saturated rings. The van der Waals surface area contributed by atoms with Crippen LogP contribution in [0.5, 0.6) is 0 Å². The largest absolute Gasteiger partial charge is 0.353 e.